The minimum atomic E-state index is -4.07. The average molecular weight is 238 g/mol. The topological polar surface area (TPSA) is 15.3 Å². The van der Waals surface area contributed by atoms with Crippen LogP contribution in [0.4, 0.5) is 13.2 Å². The molecule has 0 aliphatic carbocycles. The Hall–Kier alpha value is -0.290. The van der Waals surface area contributed by atoms with Gasteiger partial charge in [0.15, 0.2) is 0 Å². The molecule has 0 saturated carbocycles. The molecule has 2 atom stereocenters. The highest BCUT2D eigenvalue weighted by atomic mass is 19.4. The Morgan fingerprint density at radius 3 is 2.56 bits per heavy atom. The summed E-state index contributed by atoms with van der Waals surface area (Å²) in [5.41, 5.74) is 0. The van der Waals surface area contributed by atoms with E-state index in [4.69, 9.17) is 0 Å². The summed E-state index contributed by atoms with van der Waals surface area (Å²) in [7, 11) is 0. The number of rotatable bonds is 4. The maximum absolute atomic E-state index is 12.2. The van der Waals surface area contributed by atoms with E-state index in [1.807, 2.05) is 6.92 Å². The third kappa shape index (κ3) is 4.70. The standard InChI is InChI=1S/C11H21F3N2/c1-3-5-15-10-4-6-16(7-9(10)2)8-11(12,13)14/h9-10,15H,3-8H2,1-2H3. The molecule has 0 amide bonds. The number of hydrogen-bond donors (Lipinski definition) is 1. The van der Waals surface area contributed by atoms with E-state index >= 15 is 0 Å². The third-order valence-corrected chi connectivity index (χ3v) is 3.05. The summed E-state index contributed by atoms with van der Waals surface area (Å²) in [6.07, 6.45) is -2.18. The van der Waals surface area contributed by atoms with Crippen molar-refractivity contribution in [2.45, 2.75) is 38.9 Å². The van der Waals surface area contributed by atoms with E-state index in [9.17, 15) is 13.2 Å². The maximum Gasteiger partial charge on any atom is 0.401 e. The normalized spacial score (nSPS) is 28.3. The lowest BCUT2D eigenvalue weighted by molar-refractivity contribution is -0.149. The second kappa shape index (κ2) is 5.87. The van der Waals surface area contributed by atoms with Crippen LogP contribution in [0.5, 0.6) is 0 Å². The highest BCUT2D eigenvalue weighted by molar-refractivity contribution is 4.83. The van der Waals surface area contributed by atoms with Gasteiger partial charge in [-0.3, -0.25) is 4.90 Å². The van der Waals surface area contributed by atoms with Gasteiger partial charge in [0.25, 0.3) is 0 Å². The summed E-state index contributed by atoms with van der Waals surface area (Å²) in [6.45, 7) is 5.39. The van der Waals surface area contributed by atoms with Crippen LogP contribution in [0.25, 0.3) is 0 Å². The number of likely N-dealkylation sites (tertiary alicyclic amines) is 1. The Kier molecular flexibility index (Phi) is 5.05. The van der Waals surface area contributed by atoms with Crippen molar-refractivity contribution in [2.75, 3.05) is 26.2 Å². The largest absolute Gasteiger partial charge is 0.401 e. The Balaban J connectivity index is 2.33. The number of nitrogens with one attached hydrogen (secondary N) is 1. The number of halogens is 3. The van der Waals surface area contributed by atoms with E-state index in [0.717, 1.165) is 19.4 Å². The van der Waals surface area contributed by atoms with E-state index in [0.29, 0.717) is 25.0 Å². The van der Waals surface area contributed by atoms with Gasteiger partial charge < -0.3 is 5.32 Å². The fraction of sp³-hybridized carbons (Fsp3) is 1.00. The molecule has 5 heteroatoms. The summed E-state index contributed by atoms with van der Waals surface area (Å²) in [5.74, 6) is 0.294. The molecule has 1 fully saturated rings. The molecule has 1 saturated heterocycles. The minimum Gasteiger partial charge on any atom is -0.314 e. The van der Waals surface area contributed by atoms with Crippen molar-refractivity contribution in [3.8, 4) is 0 Å². The third-order valence-electron chi connectivity index (χ3n) is 3.05. The van der Waals surface area contributed by atoms with Gasteiger partial charge in [0.05, 0.1) is 6.54 Å². The molecule has 0 bridgehead atoms. The summed E-state index contributed by atoms with van der Waals surface area (Å²) in [4.78, 5) is 1.51. The molecule has 0 radical (unpaired) electrons. The summed E-state index contributed by atoms with van der Waals surface area (Å²) in [6, 6.07) is 0.379. The molecule has 1 aliphatic rings. The molecule has 1 heterocycles. The second-order valence-electron chi connectivity index (χ2n) is 4.68. The number of hydrogen-bond acceptors (Lipinski definition) is 2. The molecule has 0 aromatic rings. The summed E-state index contributed by atoms with van der Waals surface area (Å²) < 4.78 is 36.6. The van der Waals surface area contributed by atoms with Crippen LogP contribution in [0.2, 0.25) is 0 Å². The molecule has 0 aromatic carbocycles. The molecule has 0 aromatic heterocycles. The summed E-state index contributed by atoms with van der Waals surface area (Å²) in [5, 5.41) is 3.40. The predicted octanol–water partition coefficient (Wildman–Crippen LogP) is 2.26. The first-order valence-electron chi connectivity index (χ1n) is 5.95. The lowest BCUT2D eigenvalue weighted by Crippen LogP contribution is -2.50. The molecular weight excluding hydrogens is 217 g/mol. The van der Waals surface area contributed by atoms with Crippen LogP contribution < -0.4 is 5.32 Å². The average Bonchev–Trinajstić information content (AvgIpc) is 2.14. The molecule has 2 nitrogen and oxygen atoms in total. The van der Waals surface area contributed by atoms with Gasteiger partial charge in [-0.25, -0.2) is 0 Å². The Morgan fingerprint density at radius 1 is 1.38 bits per heavy atom. The van der Waals surface area contributed by atoms with Crippen molar-refractivity contribution in [1.29, 1.82) is 0 Å². The van der Waals surface area contributed by atoms with Crippen LogP contribution in [0.15, 0.2) is 0 Å². The molecule has 96 valence electrons. The van der Waals surface area contributed by atoms with E-state index in [2.05, 4.69) is 12.2 Å². The first-order valence-corrected chi connectivity index (χ1v) is 5.95. The van der Waals surface area contributed by atoms with Crippen molar-refractivity contribution in [3.05, 3.63) is 0 Å². The molecular formula is C11H21F3N2. The van der Waals surface area contributed by atoms with Crippen molar-refractivity contribution in [3.63, 3.8) is 0 Å². The SMILES string of the molecule is CCCNC1CCN(CC(F)(F)F)CC1C. The molecule has 0 spiro atoms. The fourth-order valence-electron chi connectivity index (χ4n) is 2.26. The van der Waals surface area contributed by atoms with Crippen LogP contribution in [0.3, 0.4) is 0 Å². The van der Waals surface area contributed by atoms with Crippen molar-refractivity contribution >= 4 is 0 Å². The summed E-state index contributed by atoms with van der Waals surface area (Å²) >= 11 is 0. The molecule has 16 heavy (non-hydrogen) atoms. The van der Waals surface area contributed by atoms with Crippen LogP contribution >= 0.6 is 0 Å². The van der Waals surface area contributed by atoms with Gasteiger partial charge in [-0.2, -0.15) is 13.2 Å². The number of alkyl halides is 3. The fourth-order valence-corrected chi connectivity index (χ4v) is 2.26. The minimum absolute atomic E-state index is 0.294. The van der Waals surface area contributed by atoms with Crippen LogP contribution in [-0.4, -0.2) is 43.3 Å². The maximum atomic E-state index is 12.2. The zero-order chi connectivity index (χ0) is 12.2. The van der Waals surface area contributed by atoms with Gasteiger partial charge in [0, 0.05) is 12.6 Å². The van der Waals surface area contributed by atoms with Gasteiger partial charge in [-0.05, 0) is 31.8 Å². The van der Waals surface area contributed by atoms with E-state index in [-0.39, 0.29) is 0 Å². The Labute approximate surface area is 95.2 Å². The highest BCUT2D eigenvalue weighted by Crippen LogP contribution is 2.22. The van der Waals surface area contributed by atoms with Crippen LogP contribution in [-0.2, 0) is 0 Å². The van der Waals surface area contributed by atoms with Gasteiger partial charge in [0.1, 0.15) is 0 Å². The highest BCUT2D eigenvalue weighted by Gasteiger charge is 2.34. The monoisotopic (exact) mass is 238 g/mol. The zero-order valence-electron chi connectivity index (χ0n) is 9.98. The Bertz CT molecular complexity index is 206. The van der Waals surface area contributed by atoms with E-state index < -0.39 is 12.7 Å². The molecule has 1 N–H and O–H groups in total. The zero-order valence-corrected chi connectivity index (χ0v) is 9.98. The smallest absolute Gasteiger partial charge is 0.314 e. The second-order valence-corrected chi connectivity index (χ2v) is 4.68. The Morgan fingerprint density at radius 2 is 2.06 bits per heavy atom. The van der Waals surface area contributed by atoms with Crippen molar-refractivity contribution < 1.29 is 13.2 Å². The number of piperidine rings is 1. The molecule has 2 unspecified atom stereocenters. The van der Waals surface area contributed by atoms with Crippen LogP contribution in [0.1, 0.15) is 26.7 Å². The van der Waals surface area contributed by atoms with E-state index in [1.165, 1.54) is 4.90 Å². The molecule has 1 aliphatic heterocycles. The lowest BCUT2D eigenvalue weighted by atomic mass is 9.94. The van der Waals surface area contributed by atoms with Gasteiger partial charge in [0.2, 0.25) is 0 Å². The quantitative estimate of drug-likeness (QED) is 0.808. The molecule has 1 rings (SSSR count). The van der Waals surface area contributed by atoms with Crippen LogP contribution in [0, 0.1) is 5.92 Å². The predicted molar refractivity (Wildman–Crippen MR) is 58.4 cm³/mol. The van der Waals surface area contributed by atoms with E-state index in [1.54, 1.807) is 0 Å². The lowest BCUT2D eigenvalue weighted by Gasteiger charge is -2.37. The number of nitrogens with zero attached hydrogens (tertiary/aromatic N) is 1. The van der Waals surface area contributed by atoms with Crippen molar-refractivity contribution in [2.24, 2.45) is 5.92 Å². The van der Waals surface area contributed by atoms with Gasteiger partial charge >= 0.3 is 6.18 Å². The van der Waals surface area contributed by atoms with Crippen molar-refractivity contribution in [1.82, 2.24) is 10.2 Å². The first-order chi connectivity index (χ1) is 7.42. The first kappa shape index (κ1) is 13.8. The van der Waals surface area contributed by atoms with Gasteiger partial charge in [-0.15, -0.1) is 0 Å². The van der Waals surface area contributed by atoms with Gasteiger partial charge in [-0.1, -0.05) is 13.8 Å².